The molecule has 0 radical (unpaired) electrons. The molecule has 8 heteroatoms. The molecule has 1 rings (SSSR count). The standard InChI is InChI=1S/C11H16O8/c1-5(12)16-4-8-9(17-6(2)13)10(11(15)19-8)18-7(3)14/h8-11,15H,4H2,1-3H3/t8-,9-,10-,11+/m1/s1. The highest BCUT2D eigenvalue weighted by molar-refractivity contribution is 5.67. The molecule has 1 fully saturated rings. The van der Waals surface area contributed by atoms with E-state index >= 15 is 0 Å². The molecule has 4 atom stereocenters. The van der Waals surface area contributed by atoms with E-state index in [-0.39, 0.29) is 6.61 Å². The molecule has 1 heterocycles. The van der Waals surface area contributed by atoms with Crippen LogP contribution in [0.15, 0.2) is 0 Å². The molecule has 0 aromatic rings. The highest BCUT2D eigenvalue weighted by atomic mass is 16.7. The van der Waals surface area contributed by atoms with Crippen LogP contribution in [-0.2, 0) is 33.3 Å². The minimum absolute atomic E-state index is 0.220. The van der Waals surface area contributed by atoms with Crippen molar-refractivity contribution in [2.45, 2.75) is 45.4 Å². The molecule has 0 spiro atoms. The Hall–Kier alpha value is -1.67. The summed E-state index contributed by atoms with van der Waals surface area (Å²) in [5, 5.41) is 9.63. The number of carbonyl (C=O) groups excluding carboxylic acids is 3. The summed E-state index contributed by atoms with van der Waals surface area (Å²) in [4.78, 5) is 32.7. The van der Waals surface area contributed by atoms with Gasteiger partial charge in [-0.25, -0.2) is 0 Å². The van der Waals surface area contributed by atoms with Gasteiger partial charge in [-0.15, -0.1) is 0 Å². The largest absolute Gasteiger partial charge is 0.463 e. The lowest BCUT2D eigenvalue weighted by Gasteiger charge is -2.21. The van der Waals surface area contributed by atoms with Crippen LogP contribution in [0.2, 0.25) is 0 Å². The number of hydrogen-bond donors (Lipinski definition) is 1. The van der Waals surface area contributed by atoms with E-state index < -0.39 is 42.5 Å². The first-order valence-corrected chi connectivity index (χ1v) is 5.62. The van der Waals surface area contributed by atoms with E-state index in [2.05, 4.69) is 0 Å². The van der Waals surface area contributed by atoms with Crippen LogP contribution in [-0.4, -0.2) is 54.2 Å². The molecule has 0 aromatic heterocycles. The Balaban J connectivity index is 2.76. The molecular formula is C11H16O8. The van der Waals surface area contributed by atoms with Gasteiger partial charge in [-0.1, -0.05) is 0 Å². The van der Waals surface area contributed by atoms with E-state index in [1.165, 1.54) is 13.8 Å². The third-order valence-corrected chi connectivity index (χ3v) is 2.34. The number of aliphatic hydroxyl groups is 1. The van der Waals surface area contributed by atoms with Gasteiger partial charge in [0.15, 0.2) is 18.5 Å². The molecule has 1 aliphatic heterocycles. The van der Waals surface area contributed by atoms with Gasteiger partial charge in [-0.2, -0.15) is 0 Å². The molecular weight excluding hydrogens is 260 g/mol. The predicted molar refractivity (Wildman–Crippen MR) is 58.6 cm³/mol. The number of esters is 3. The van der Waals surface area contributed by atoms with Crippen molar-refractivity contribution in [3.05, 3.63) is 0 Å². The maximum absolute atomic E-state index is 11.0. The Labute approximate surface area is 109 Å². The molecule has 0 bridgehead atoms. The van der Waals surface area contributed by atoms with E-state index in [0.717, 1.165) is 6.92 Å². The smallest absolute Gasteiger partial charge is 0.303 e. The van der Waals surface area contributed by atoms with Gasteiger partial charge in [0.1, 0.15) is 12.7 Å². The second-order valence-corrected chi connectivity index (χ2v) is 4.02. The van der Waals surface area contributed by atoms with E-state index in [0.29, 0.717) is 0 Å². The summed E-state index contributed by atoms with van der Waals surface area (Å²) in [6.45, 7) is 3.30. The molecule has 8 nitrogen and oxygen atoms in total. The van der Waals surface area contributed by atoms with Gasteiger partial charge in [0.25, 0.3) is 0 Å². The van der Waals surface area contributed by atoms with Crippen molar-refractivity contribution in [1.82, 2.24) is 0 Å². The Bertz CT molecular complexity index is 366. The van der Waals surface area contributed by atoms with Crippen molar-refractivity contribution in [3.63, 3.8) is 0 Å². The van der Waals surface area contributed by atoms with Crippen molar-refractivity contribution < 1.29 is 38.4 Å². The summed E-state index contributed by atoms with van der Waals surface area (Å²) >= 11 is 0. The van der Waals surface area contributed by atoms with Crippen LogP contribution in [0.25, 0.3) is 0 Å². The minimum atomic E-state index is -1.45. The molecule has 0 unspecified atom stereocenters. The van der Waals surface area contributed by atoms with E-state index in [1.54, 1.807) is 0 Å². The van der Waals surface area contributed by atoms with Crippen molar-refractivity contribution in [2.75, 3.05) is 6.61 Å². The topological polar surface area (TPSA) is 108 Å². The normalized spacial score (nSPS) is 29.7. The van der Waals surface area contributed by atoms with Crippen molar-refractivity contribution in [3.8, 4) is 0 Å². The van der Waals surface area contributed by atoms with E-state index in [9.17, 15) is 19.5 Å². The van der Waals surface area contributed by atoms with Crippen LogP contribution in [0.3, 0.4) is 0 Å². The SMILES string of the molecule is CC(=O)OC[C@H]1O[C@H](O)[C@H](OC(C)=O)[C@@H]1OC(C)=O. The highest BCUT2D eigenvalue weighted by Crippen LogP contribution is 2.26. The van der Waals surface area contributed by atoms with Gasteiger partial charge in [0, 0.05) is 20.8 Å². The second-order valence-electron chi connectivity index (χ2n) is 4.02. The Morgan fingerprint density at radius 2 is 1.53 bits per heavy atom. The number of aliphatic hydroxyl groups excluding tert-OH is 1. The zero-order chi connectivity index (χ0) is 14.6. The van der Waals surface area contributed by atoms with Crippen molar-refractivity contribution >= 4 is 17.9 Å². The number of ether oxygens (including phenoxy) is 4. The fourth-order valence-electron chi connectivity index (χ4n) is 1.69. The number of carbonyl (C=O) groups is 3. The lowest BCUT2D eigenvalue weighted by Crippen LogP contribution is -2.41. The van der Waals surface area contributed by atoms with Crippen LogP contribution in [0.4, 0.5) is 0 Å². The van der Waals surface area contributed by atoms with Crippen LogP contribution in [0.1, 0.15) is 20.8 Å². The van der Waals surface area contributed by atoms with Gasteiger partial charge >= 0.3 is 17.9 Å². The summed E-state index contributed by atoms with van der Waals surface area (Å²) in [7, 11) is 0. The molecule has 0 saturated carbocycles. The quantitative estimate of drug-likeness (QED) is 0.521. The fraction of sp³-hybridized carbons (Fsp3) is 0.727. The van der Waals surface area contributed by atoms with Crippen LogP contribution >= 0.6 is 0 Å². The maximum atomic E-state index is 11.0. The fourth-order valence-corrected chi connectivity index (χ4v) is 1.69. The summed E-state index contributed by atoms with van der Waals surface area (Å²) in [6.07, 6.45) is -4.53. The number of hydrogen-bond acceptors (Lipinski definition) is 8. The Kier molecular flexibility index (Phi) is 5.25. The summed E-state index contributed by atoms with van der Waals surface area (Å²) in [5.41, 5.74) is 0. The highest BCUT2D eigenvalue weighted by Gasteiger charge is 2.48. The predicted octanol–water partition coefficient (Wildman–Crippen LogP) is -0.870. The molecule has 0 amide bonds. The number of rotatable bonds is 4. The first kappa shape index (κ1) is 15.4. The van der Waals surface area contributed by atoms with E-state index in [4.69, 9.17) is 18.9 Å². The minimum Gasteiger partial charge on any atom is -0.463 e. The lowest BCUT2D eigenvalue weighted by atomic mass is 10.1. The van der Waals surface area contributed by atoms with Gasteiger partial charge in [0.2, 0.25) is 0 Å². The third-order valence-electron chi connectivity index (χ3n) is 2.34. The Morgan fingerprint density at radius 3 is 2.00 bits per heavy atom. The summed E-state index contributed by atoms with van der Waals surface area (Å²) in [5.74, 6) is -1.83. The molecule has 0 aliphatic carbocycles. The third kappa shape index (κ3) is 4.49. The van der Waals surface area contributed by atoms with Crippen LogP contribution in [0.5, 0.6) is 0 Å². The average Bonchev–Trinajstić information content (AvgIpc) is 2.53. The first-order valence-electron chi connectivity index (χ1n) is 5.62. The van der Waals surface area contributed by atoms with Gasteiger partial charge in [-0.05, 0) is 0 Å². The second kappa shape index (κ2) is 6.48. The van der Waals surface area contributed by atoms with Gasteiger partial charge in [-0.3, -0.25) is 14.4 Å². The molecule has 1 N–H and O–H groups in total. The van der Waals surface area contributed by atoms with Crippen LogP contribution < -0.4 is 0 Å². The Morgan fingerprint density at radius 1 is 1.00 bits per heavy atom. The molecule has 19 heavy (non-hydrogen) atoms. The lowest BCUT2D eigenvalue weighted by molar-refractivity contribution is -0.174. The van der Waals surface area contributed by atoms with Crippen molar-refractivity contribution in [1.29, 1.82) is 0 Å². The molecule has 1 saturated heterocycles. The first-order chi connectivity index (χ1) is 8.81. The van der Waals surface area contributed by atoms with Gasteiger partial charge < -0.3 is 24.1 Å². The van der Waals surface area contributed by atoms with Gasteiger partial charge in [0.05, 0.1) is 0 Å². The summed E-state index contributed by atoms with van der Waals surface area (Å²) < 4.78 is 19.6. The summed E-state index contributed by atoms with van der Waals surface area (Å²) in [6, 6.07) is 0. The molecule has 108 valence electrons. The maximum Gasteiger partial charge on any atom is 0.303 e. The zero-order valence-electron chi connectivity index (χ0n) is 10.8. The zero-order valence-corrected chi connectivity index (χ0v) is 10.8. The van der Waals surface area contributed by atoms with Crippen LogP contribution in [0, 0.1) is 0 Å². The monoisotopic (exact) mass is 276 g/mol. The molecule has 1 aliphatic rings. The average molecular weight is 276 g/mol. The van der Waals surface area contributed by atoms with E-state index in [1.807, 2.05) is 0 Å². The molecule has 0 aromatic carbocycles. The van der Waals surface area contributed by atoms with Crippen molar-refractivity contribution in [2.24, 2.45) is 0 Å².